The lowest BCUT2D eigenvalue weighted by Crippen LogP contribution is -2.43. The molecule has 6 heteroatoms. The Morgan fingerprint density at radius 1 is 0.944 bits per heavy atom. The molecule has 2 N–H and O–H groups in total. The van der Waals surface area contributed by atoms with E-state index in [1.54, 1.807) is 7.11 Å². The van der Waals surface area contributed by atoms with Crippen LogP contribution in [-0.4, -0.2) is 57.2 Å². The van der Waals surface area contributed by atoms with Gasteiger partial charge in [-0.05, 0) is 53.8 Å². The van der Waals surface area contributed by atoms with Gasteiger partial charge in [0.1, 0.15) is 5.75 Å². The number of carbonyl (C=O) groups excluding carboxylic acids is 1. The summed E-state index contributed by atoms with van der Waals surface area (Å²) in [5.41, 5.74) is 4.84. The van der Waals surface area contributed by atoms with Crippen LogP contribution < -0.4 is 20.3 Å². The van der Waals surface area contributed by atoms with Gasteiger partial charge in [0.2, 0.25) is 5.91 Å². The van der Waals surface area contributed by atoms with Gasteiger partial charge in [-0.3, -0.25) is 9.69 Å². The molecule has 0 bridgehead atoms. The number of carbonyl (C=O) groups is 1. The number of likely N-dealkylation sites (tertiary alicyclic amines) is 1. The maximum atomic E-state index is 13.3. The number of nitrogens with one attached hydrogen (secondary N) is 2. The molecule has 0 radical (unpaired) electrons. The van der Waals surface area contributed by atoms with Gasteiger partial charge >= 0.3 is 0 Å². The van der Waals surface area contributed by atoms with Crippen LogP contribution in [0.4, 0.5) is 5.69 Å². The van der Waals surface area contributed by atoms with Gasteiger partial charge < -0.3 is 20.3 Å². The molecule has 36 heavy (non-hydrogen) atoms. The standard InChI is InChI=1S/C30H38N4O2/c1-33(2)27-13-9-25(10-14-27)21-34-22-26(32-20-24-11-15-28(36-3)16-12-24)19-29(34)30(35)31-18-17-23-7-5-4-6-8-23/h4-16,26,29,32H,17-22H2,1-3H3,(H,31,35)/t26-,29-/m0/s1. The lowest BCUT2D eigenvalue weighted by Gasteiger charge is -2.24. The predicted octanol–water partition coefficient (Wildman–Crippen LogP) is 3.85. The van der Waals surface area contributed by atoms with Gasteiger partial charge in [0, 0.05) is 52.0 Å². The molecule has 3 aromatic rings. The van der Waals surface area contributed by atoms with E-state index in [1.165, 1.54) is 22.4 Å². The molecule has 3 aromatic carbocycles. The zero-order chi connectivity index (χ0) is 25.3. The summed E-state index contributed by atoms with van der Waals surface area (Å²) in [6, 6.07) is 27.1. The monoisotopic (exact) mass is 486 g/mol. The van der Waals surface area contributed by atoms with E-state index in [2.05, 4.69) is 69.0 Å². The van der Waals surface area contributed by atoms with E-state index in [1.807, 2.05) is 44.4 Å². The summed E-state index contributed by atoms with van der Waals surface area (Å²) in [5.74, 6) is 0.975. The van der Waals surface area contributed by atoms with Gasteiger partial charge in [-0.1, -0.05) is 54.6 Å². The van der Waals surface area contributed by atoms with Crippen LogP contribution in [0.5, 0.6) is 5.75 Å². The van der Waals surface area contributed by atoms with Gasteiger partial charge in [-0.2, -0.15) is 0 Å². The molecule has 0 unspecified atom stereocenters. The smallest absolute Gasteiger partial charge is 0.237 e. The molecule has 190 valence electrons. The van der Waals surface area contributed by atoms with Crippen molar-refractivity contribution in [1.82, 2.24) is 15.5 Å². The second kappa shape index (κ2) is 12.6. The van der Waals surface area contributed by atoms with Gasteiger partial charge in [0.05, 0.1) is 13.2 Å². The van der Waals surface area contributed by atoms with Crippen molar-refractivity contribution in [3.63, 3.8) is 0 Å². The summed E-state index contributed by atoms with van der Waals surface area (Å²) >= 11 is 0. The fourth-order valence-electron chi connectivity index (χ4n) is 4.73. The molecular weight excluding hydrogens is 448 g/mol. The Balaban J connectivity index is 1.38. The molecule has 1 saturated heterocycles. The molecule has 4 rings (SSSR count). The molecule has 2 atom stereocenters. The molecule has 0 spiro atoms. The maximum absolute atomic E-state index is 13.3. The van der Waals surface area contributed by atoms with E-state index in [0.29, 0.717) is 6.54 Å². The second-order valence-corrected chi connectivity index (χ2v) is 9.69. The highest BCUT2D eigenvalue weighted by molar-refractivity contribution is 5.82. The van der Waals surface area contributed by atoms with E-state index in [4.69, 9.17) is 4.74 Å². The zero-order valence-corrected chi connectivity index (χ0v) is 21.6. The van der Waals surface area contributed by atoms with Crippen LogP contribution in [0.25, 0.3) is 0 Å². The zero-order valence-electron chi connectivity index (χ0n) is 21.6. The number of hydrogen-bond acceptors (Lipinski definition) is 5. The molecule has 0 saturated carbocycles. The highest BCUT2D eigenvalue weighted by Gasteiger charge is 2.36. The largest absolute Gasteiger partial charge is 0.497 e. The van der Waals surface area contributed by atoms with Gasteiger partial charge in [0.25, 0.3) is 0 Å². The summed E-state index contributed by atoms with van der Waals surface area (Å²) in [5, 5.41) is 6.86. The van der Waals surface area contributed by atoms with Gasteiger partial charge in [-0.15, -0.1) is 0 Å². The number of rotatable bonds is 11. The van der Waals surface area contributed by atoms with E-state index in [0.717, 1.165) is 38.2 Å². The first-order valence-corrected chi connectivity index (χ1v) is 12.7. The van der Waals surface area contributed by atoms with Crippen LogP contribution in [-0.2, 0) is 24.3 Å². The summed E-state index contributed by atoms with van der Waals surface area (Å²) in [6.07, 6.45) is 1.63. The van der Waals surface area contributed by atoms with Crippen molar-refractivity contribution >= 4 is 11.6 Å². The Kier molecular flexibility index (Phi) is 8.98. The Hall–Kier alpha value is -3.35. The second-order valence-electron chi connectivity index (χ2n) is 9.69. The van der Waals surface area contributed by atoms with E-state index < -0.39 is 0 Å². The highest BCUT2D eigenvalue weighted by Crippen LogP contribution is 2.23. The third-order valence-corrected chi connectivity index (χ3v) is 6.85. The van der Waals surface area contributed by atoms with E-state index in [9.17, 15) is 4.79 Å². The number of benzene rings is 3. The van der Waals surface area contributed by atoms with Crippen molar-refractivity contribution in [1.29, 1.82) is 0 Å². The lowest BCUT2D eigenvalue weighted by molar-refractivity contribution is -0.125. The van der Waals surface area contributed by atoms with Crippen molar-refractivity contribution < 1.29 is 9.53 Å². The molecule has 1 heterocycles. The third-order valence-electron chi connectivity index (χ3n) is 6.85. The summed E-state index contributed by atoms with van der Waals surface area (Å²) in [6.45, 7) is 3.00. The van der Waals surface area contributed by atoms with Gasteiger partial charge in [-0.25, -0.2) is 0 Å². The lowest BCUT2D eigenvalue weighted by atomic mass is 10.1. The summed E-state index contributed by atoms with van der Waals surface area (Å²) < 4.78 is 5.26. The number of ether oxygens (including phenoxy) is 1. The molecule has 0 aliphatic carbocycles. The Labute approximate surface area is 215 Å². The number of amides is 1. The van der Waals surface area contributed by atoms with E-state index >= 15 is 0 Å². The average Bonchev–Trinajstić information content (AvgIpc) is 3.31. The van der Waals surface area contributed by atoms with Crippen molar-refractivity contribution in [3.8, 4) is 5.75 Å². The minimum absolute atomic E-state index is 0.115. The fourth-order valence-corrected chi connectivity index (χ4v) is 4.73. The molecule has 1 aliphatic rings. The first kappa shape index (κ1) is 25.7. The van der Waals surface area contributed by atoms with Crippen LogP contribution >= 0.6 is 0 Å². The topological polar surface area (TPSA) is 56.8 Å². The van der Waals surface area contributed by atoms with Crippen molar-refractivity contribution in [2.24, 2.45) is 0 Å². The summed E-state index contributed by atoms with van der Waals surface area (Å²) in [7, 11) is 5.77. The van der Waals surface area contributed by atoms with Crippen molar-refractivity contribution in [2.45, 2.75) is 38.0 Å². The minimum atomic E-state index is -0.150. The number of nitrogens with zero attached hydrogens (tertiary/aromatic N) is 2. The van der Waals surface area contributed by atoms with Crippen LogP contribution in [0.3, 0.4) is 0 Å². The van der Waals surface area contributed by atoms with Crippen LogP contribution in [0.1, 0.15) is 23.1 Å². The number of hydrogen-bond donors (Lipinski definition) is 2. The SMILES string of the molecule is COc1ccc(CN[C@H]2C[C@@H](C(=O)NCCc3ccccc3)N(Cc3ccc(N(C)C)cc3)C2)cc1. The van der Waals surface area contributed by atoms with Crippen molar-refractivity contribution in [3.05, 3.63) is 95.6 Å². The predicted molar refractivity (Wildman–Crippen MR) is 146 cm³/mol. The molecule has 1 amide bonds. The molecule has 1 aliphatic heterocycles. The quantitative estimate of drug-likeness (QED) is 0.431. The maximum Gasteiger partial charge on any atom is 0.237 e. The Morgan fingerprint density at radius 3 is 2.31 bits per heavy atom. The summed E-state index contributed by atoms with van der Waals surface area (Å²) in [4.78, 5) is 17.7. The van der Waals surface area contributed by atoms with Crippen LogP contribution in [0, 0.1) is 0 Å². The highest BCUT2D eigenvalue weighted by atomic mass is 16.5. The minimum Gasteiger partial charge on any atom is -0.497 e. The number of methoxy groups -OCH3 is 1. The third kappa shape index (κ3) is 7.09. The Morgan fingerprint density at radius 2 is 1.64 bits per heavy atom. The first-order chi connectivity index (χ1) is 17.5. The molecule has 1 fully saturated rings. The molecule has 0 aromatic heterocycles. The Bertz CT molecular complexity index is 1080. The van der Waals surface area contributed by atoms with Crippen LogP contribution in [0.15, 0.2) is 78.9 Å². The van der Waals surface area contributed by atoms with Crippen LogP contribution in [0.2, 0.25) is 0 Å². The van der Waals surface area contributed by atoms with E-state index in [-0.39, 0.29) is 18.0 Å². The normalized spacial score (nSPS) is 17.6. The first-order valence-electron chi connectivity index (χ1n) is 12.7. The van der Waals surface area contributed by atoms with Crippen molar-refractivity contribution in [2.75, 3.05) is 39.2 Å². The molecular formula is C30H38N4O2. The molecule has 6 nitrogen and oxygen atoms in total. The number of anilines is 1. The average molecular weight is 487 g/mol. The fraction of sp³-hybridized carbons (Fsp3) is 0.367. The van der Waals surface area contributed by atoms with Gasteiger partial charge in [0.15, 0.2) is 0 Å².